The Morgan fingerprint density at radius 1 is 1.24 bits per heavy atom. The average Bonchev–Trinajstić information content (AvgIpc) is 2.34. The van der Waals surface area contributed by atoms with Crippen LogP contribution >= 0.6 is 0 Å². The molecule has 0 spiro atoms. The van der Waals surface area contributed by atoms with Gasteiger partial charge in [-0.15, -0.1) is 0 Å². The third kappa shape index (κ3) is 9.35. The van der Waals surface area contributed by atoms with Gasteiger partial charge in [-0.05, 0) is 0 Å². The van der Waals surface area contributed by atoms with Gasteiger partial charge in [-0.3, -0.25) is 4.79 Å². The van der Waals surface area contributed by atoms with Crippen LogP contribution in [0.4, 0.5) is 9.18 Å². The zero-order valence-electron chi connectivity index (χ0n) is 12.5. The number of halogens is 1. The Kier molecular flexibility index (Phi) is 9.11. The van der Waals surface area contributed by atoms with Gasteiger partial charge in [-0.25, -0.2) is 13.4 Å². The Hall–Kier alpha value is -1.22. The van der Waals surface area contributed by atoms with Crippen LogP contribution in [0, 0.1) is 11.8 Å². The highest BCUT2D eigenvalue weighted by atomic mass is 32.2. The van der Waals surface area contributed by atoms with Gasteiger partial charge in [-0.2, -0.15) is 0 Å². The predicted octanol–water partition coefficient (Wildman–Crippen LogP) is 1.45. The molecule has 0 aliphatic rings. The van der Waals surface area contributed by atoms with Crippen molar-refractivity contribution < 1.29 is 32.2 Å². The summed E-state index contributed by atoms with van der Waals surface area (Å²) in [5.74, 6) is -1.76. The molecule has 1 amide bonds. The first kappa shape index (κ1) is 19.8. The van der Waals surface area contributed by atoms with Crippen LogP contribution in [0.15, 0.2) is 0 Å². The molecule has 0 aliphatic carbocycles. The van der Waals surface area contributed by atoms with E-state index in [4.69, 9.17) is 14.0 Å². The molecule has 0 aromatic heterocycles. The smallest absolute Gasteiger partial charge is 0.410 e. The lowest BCUT2D eigenvalue weighted by Crippen LogP contribution is -2.38. The zero-order chi connectivity index (χ0) is 16.6. The van der Waals surface area contributed by atoms with E-state index in [1.807, 2.05) is 0 Å². The second-order valence-corrected chi connectivity index (χ2v) is 6.05. The number of esters is 1. The molecule has 9 heteroatoms. The average molecular weight is 327 g/mol. The highest BCUT2D eigenvalue weighted by Gasteiger charge is 2.24. The summed E-state index contributed by atoms with van der Waals surface area (Å²) in [5.41, 5.74) is 0. The molecule has 0 radical (unpaired) electrons. The van der Waals surface area contributed by atoms with E-state index in [1.165, 1.54) is 0 Å². The van der Waals surface area contributed by atoms with E-state index in [1.54, 1.807) is 27.7 Å². The molecule has 0 saturated heterocycles. The van der Waals surface area contributed by atoms with Gasteiger partial charge >= 0.3 is 12.1 Å². The molecule has 7 nitrogen and oxygen atoms in total. The first-order valence-corrected chi connectivity index (χ1v) is 7.77. The van der Waals surface area contributed by atoms with E-state index >= 15 is 0 Å². The van der Waals surface area contributed by atoms with E-state index < -0.39 is 47.9 Å². The fourth-order valence-corrected chi connectivity index (χ4v) is 1.53. The zero-order valence-corrected chi connectivity index (χ0v) is 13.3. The van der Waals surface area contributed by atoms with Gasteiger partial charge in [0.25, 0.3) is 6.29 Å². The summed E-state index contributed by atoms with van der Waals surface area (Å²) >= 11 is -2.28. The van der Waals surface area contributed by atoms with Crippen LogP contribution in [0.2, 0.25) is 0 Å². The van der Waals surface area contributed by atoms with E-state index in [2.05, 4.69) is 5.32 Å². The molecule has 2 N–H and O–H groups in total. The van der Waals surface area contributed by atoms with Crippen LogP contribution in [-0.2, 0) is 25.3 Å². The van der Waals surface area contributed by atoms with Gasteiger partial charge in [0.05, 0.1) is 18.2 Å². The summed E-state index contributed by atoms with van der Waals surface area (Å²) in [4.78, 5) is 22.9. The Labute approximate surface area is 125 Å². The first-order valence-electron chi connectivity index (χ1n) is 6.50. The second-order valence-electron chi connectivity index (χ2n) is 5.08. The number of ether oxygens (including phenoxy) is 2. The second kappa shape index (κ2) is 9.67. The van der Waals surface area contributed by atoms with Gasteiger partial charge in [0, 0.05) is 5.92 Å². The number of hydrogen-bond donors (Lipinski definition) is 2. The molecule has 3 atom stereocenters. The highest BCUT2D eigenvalue weighted by molar-refractivity contribution is 7.79. The Balaban J connectivity index is 4.29. The van der Waals surface area contributed by atoms with Crippen molar-refractivity contribution in [2.24, 2.45) is 11.8 Å². The molecule has 0 aromatic carbocycles. The van der Waals surface area contributed by atoms with Crippen molar-refractivity contribution in [3.8, 4) is 0 Å². The van der Waals surface area contributed by atoms with Crippen LogP contribution in [0.3, 0.4) is 0 Å². The van der Waals surface area contributed by atoms with Gasteiger partial charge in [0.2, 0.25) is 0 Å². The summed E-state index contributed by atoms with van der Waals surface area (Å²) < 4.78 is 41.9. The number of alkyl carbamates (subject to hydrolysis) is 1. The molecular formula is C12H22FNO6S. The third-order valence-electron chi connectivity index (χ3n) is 2.26. The number of nitrogens with one attached hydrogen (secondary N) is 1. The summed E-state index contributed by atoms with van der Waals surface area (Å²) in [5, 5.41) is 2.10. The van der Waals surface area contributed by atoms with Gasteiger partial charge in [-0.1, -0.05) is 27.7 Å². The van der Waals surface area contributed by atoms with Crippen molar-refractivity contribution >= 4 is 23.1 Å². The summed E-state index contributed by atoms with van der Waals surface area (Å²) in [7, 11) is 0. The molecule has 1 unspecified atom stereocenters. The maximum Gasteiger partial charge on any atom is 0.410 e. The van der Waals surface area contributed by atoms with E-state index in [9.17, 15) is 18.2 Å². The molecule has 0 aliphatic heterocycles. The third-order valence-corrected chi connectivity index (χ3v) is 2.91. The van der Waals surface area contributed by atoms with Crippen molar-refractivity contribution in [2.45, 2.75) is 40.2 Å². The Morgan fingerprint density at radius 2 is 1.81 bits per heavy atom. The fourth-order valence-electron chi connectivity index (χ4n) is 1.10. The lowest BCUT2D eigenvalue weighted by atomic mass is 10.2. The standard InChI is InChI=1S/C12H22FNO6S/c1-7(2)10(15)19-11(8(3)4)20-12(16)14-5-9(13)6-21(17)18/h7-9,11H,5-6H2,1-4H3,(H,14,16)(H,17,18)/t9-,11+/m1/s1. The molecular weight excluding hydrogens is 305 g/mol. The fraction of sp³-hybridized carbons (Fsp3) is 0.833. The minimum Gasteiger partial charge on any atom is -0.425 e. The lowest BCUT2D eigenvalue weighted by molar-refractivity contribution is -0.178. The number of carbonyl (C=O) groups is 2. The molecule has 0 aromatic rings. The SMILES string of the molecule is CC(C)C(=O)O[C@@H](OC(=O)NC[C@@H](F)CS(=O)O)C(C)C. The molecule has 21 heavy (non-hydrogen) atoms. The molecule has 124 valence electrons. The highest BCUT2D eigenvalue weighted by Crippen LogP contribution is 2.11. The number of hydrogen-bond acceptors (Lipinski definition) is 5. The Morgan fingerprint density at radius 3 is 2.24 bits per heavy atom. The van der Waals surface area contributed by atoms with E-state index in [0.717, 1.165) is 0 Å². The van der Waals surface area contributed by atoms with Gasteiger partial charge in [0.15, 0.2) is 11.1 Å². The maximum absolute atomic E-state index is 13.1. The number of rotatable bonds is 8. The maximum atomic E-state index is 13.1. The minimum absolute atomic E-state index is 0.274. The van der Waals surface area contributed by atoms with Gasteiger partial charge < -0.3 is 19.3 Å². The molecule has 0 heterocycles. The quantitative estimate of drug-likeness (QED) is 0.397. The monoisotopic (exact) mass is 327 g/mol. The van der Waals surface area contributed by atoms with Crippen LogP contribution in [0.25, 0.3) is 0 Å². The molecule has 0 fully saturated rings. The van der Waals surface area contributed by atoms with Crippen molar-refractivity contribution in [3.05, 3.63) is 0 Å². The van der Waals surface area contributed by atoms with Gasteiger partial charge in [0.1, 0.15) is 6.17 Å². The van der Waals surface area contributed by atoms with E-state index in [0.29, 0.717) is 0 Å². The minimum atomic E-state index is -2.28. The summed E-state index contributed by atoms with van der Waals surface area (Å²) in [6, 6.07) is 0. The lowest BCUT2D eigenvalue weighted by Gasteiger charge is -2.22. The molecule has 0 saturated carbocycles. The van der Waals surface area contributed by atoms with Crippen molar-refractivity contribution in [1.82, 2.24) is 5.32 Å². The summed E-state index contributed by atoms with van der Waals surface area (Å²) in [6.07, 6.45) is -3.71. The largest absolute Gasteiger partial charge is 0.425 e. The topological polar surface area (TPSA) is 102 Å². The number of alkyl halides is 1. The van der Waals surface area contributed by atoms with Crippen LogP contribution in [0.5, 0.6) is 0 Å². The number of carbonyl (C=O) groups excluding carboxylic acids is 2. The number of amides is 1. The van der Waals surface area contributed by atoms with Crippen LogP contribution in [0.1, 0.15) is 27.7 Å². The first-order chi connectivity index (χ1) is 9.63. The van der Waals surface area contributed by atoms with Crippen LogP contribution in [-0.4, -0.2) is 45.6 Å². The normalized spacial score (nSPS) is 15.4. The predicted molar refractivity (Wildman–Crippen MR) is 74.6 cm³/mol. The summed E-state index contributed by atoms with van der Waals surface area (Å²) in [6.45, 7) is 6.20. The van der Waals surface area contributed by atoms with Crippen molar-refractivity contribution in [2.75, 3.05) is 12.3 Å². The van der Waals surface area contributed by atoms with E-state index in [-0.39, 0.29) is 11.8 Å². The van der Waals surface area contributed by atoms with Crippen molar-refractivity contribution in [3.63, 3.8) is 0 Å². The van der Waals surface area contributed by atoms with Crippen LogP contribution < -0.4 is 5.32 Å². The Bertz CT molecular complexity index is 377. The molecule has 0 rings (SSSR count). The molecule has 0 bridgehead atoms. The van der Waals surface area contributed by atoms with Crippen molar-refractivity contribution in [1.29, 1.82) is 0 Å².